The second-order valence-electron chi connectivity index (χ2n) is 4.84. The molecule has 1 aliphatic rings. The predicted molar refractivity (Wildman–Crippen MR) is 67.2 cm³/mol. The number of aryl methyl sites for hydroxylation is 1. The van der Waals surface area contributed by atoms with Gasteiger partial charge in [-0.1, -0.05) is 12.8 Å². The highest BCUT2D eigenvalue weighted by Gasteiger charge is 2.42. The van der Waals surface area contributed by atoms with Crippen molar-refractivity contribution in [3.63, 3.8) is 0 Å². The molecule has 0 aromatic carbocycles. The number of hydrogen-bond acceptors (Lipinski definition) is 5. The Morgan fingerprint density at radius 3 is 2.42 bits per heavy atom. The van der Waals surface area contributed by atoms with Crippen molar-refractivity contribution >= 4 is 11.8 Å². The molecule has 8 nitrogen and oxygen atoms in total. The molecule has 0 unspecified atom stereocenters. The quantitative estimate of drug-likeness (QED) is 0.750. The minimum absolute atomic E-state index is 0.103. The van der Waals surface area contributed by atoms with Crippen molar-refractivity contribution in [2.24, 2.45) is 14.1 Å². The topological polar surface area (TPSA) is 106 Å². The number of rotatable bonds is 3. The average Bonchev–Trinajstić information content (AvgIpc) is 2.83. The molecular weight excluding hydrogens is 252 g/mol. The summed E-state index contributed by atoms with van der Waals surface area (Å²) in [5.74, 6) is -1.10. The van der Waals surface area contributed by atoms with Crippen LogP contribution in [0.15, 0.2) is 9.59 Å². The summed E-state index contributed by atoms with van der Waals surface area (Å²) < 4.78 is 1.91. The van der Waals surface area contributed by atoms with Gasteiger partial charge in [-0.2, -0.15) is 0 Å². The van der Waals surface area contributed by atoms with Crippen LogP contribution in [0, 0.1) is 0 Å². The lowest BCUT2D eigenvalue weighted by molar-refractivity contribution is -0.142. The van der Waals surface area contributed by atoms with Crippen LogP contribution in [0.1, 0.15) is 25.7 Å². The molecule has 1 aromatic rings. The lowest BCUT2D eigenvalue weighted by Gasteiger charge is -2.25. The highest BCUT2D eigenvalue weighted by molar-refractivity contribution is 5.82. The molecule has 0 saturated heterocycles. The molecule has 104 valence electrons. The zero-order chi connectivity index (χ0) is 14.2. The van der Waals surface area contributed by atoms with Gasteiger partial charge < -0.3 is 10.4 Å². The smallest absolute Gasteiger partial charge is 0.346 e. The fourth-order valence-corrected chi connectivity index (χ4v) is 2.37. The lowest BCUT2D eigenvalue weighted by atomic mass is 9.98. The Balaban J connectivity index is 2.47. The molecular formula is C11H16N4O4. The third-order valence-electron chi connectivity index (χ3n) is 3.55. The number of anilines is 1. The van der Waals surface area contributed by atoms with Gasteiger partial charge in [-0.25, -0.2) is 14.3 Å². The van der Waals surface area contributed by atoms with Gasteiger partial charge in [0.1, 0.15) is 5.54 Å². The molecule has 1 saturated carbocycles. The molecule has 0 aliphatic heterocycles. The number of aliphatic carboxylic acids is 1. The first-order valence-corrected chi connectivity index (χ1v) is 6.03. The van der Waals surface area contributed by atoms with Crippen LogP contribution >= 0.6 is 0 Å². The molecule has 0 spiro atoms. The molecule has 0 atom stereocenters. The van der Waals surface area contributed by atoms with Crippen molar-refractivity contribution in [1.29, 1.82) is 0 Å². The number of carbonyl (C=O) groups is 1. The van der Waals surface area contributed by atoms with E-state index in [1.54, 1.807) is 0 Å². The summed E-state index contributed by atoms with van der Waals surface area (Å²) in [7, 11) is 2.74. The molecule has 1 aromatic heterocycles. The first-order chi connectivity index (χ1) is 8.87. The zero-order valence-electron chi connectivity index (χ0n) is 10.8. The van der Waals surface area contributed by atoms with E-state index in [2.05, 4.69) is 10.4 Å². The second-order valence-corrected chi connectivity index (χ2v) is 4.84. The standard InChI is InChI=1S/C11H16N4O4/c1-14-8(16)7(13-15(2)10(14)19)12-11(9(17)18)5-3-4-6-11/h3-6H2,1-2H3,(H,12,13)(H,17,18). The van der Waals surface area contributed by atoms with E-state index in [1.807, 2.05) is 0 Å². The van der Waals surface area contributed by atoms with Crippen LogP contribution in [0.3, 0.4) is 0 Å². The van der Waals surface area contributed by atoms with E-state index in [4.69, 9.17) is 0 Å². The monoisotopic (exact) mass is 268 g/mol. The first kappa shape index (κ1) is 13.3. The summed E-state index contributed by atoms with van der Waals surface area (Å²) in [6.45, 7) is 0. The van der Waals surface area contributed by atoms with Gasteiger partial charge in [0, 0.05) is 14.1 Å². The summed E-state index contributed by atoms with van der Waals surface area (Å²) in [6, 6.07) is 0. The average molecular weight is 268 g/mol. The zero-order valence-corrected chi connectivity index (χ0v) is 10.8. The fraction of sp³-hybridized carbons (Fsp3) is 0.636. The van der Waals surface area contributed by atoms with E-state index >= 15 is 0 Å². The van der Waals surface area contributed by atoms with Crippen LogP contribution in [0.25, 0.3) is 0 Å². The number of carboxylic acid groups (broad SMARTS) is 1. The van der Waals surface area contributed by atoms with E-state index in [0.29, 0.717) is 12.8 Å². The van der Waals surface area contributed by atoms with Gasteiger partial charge in [-0.05, 0) is 12.8 Å². The van der Waals surface area contributed by atoms with Crippen molar-refractivity contribution in [2.75, 3.05) is 5.32 Å². The normalized spacial score (nSPS) is 17.4. The van der Waals surface area contributed by atoms with Gasteiger partial charge in [0.15, 0.2) is 0 Å². The van der Waals surface area contributed by atoms with Crippen LogP contribution in [0.2, 0.25) is 0 Å². The maximum absolute atomic E-state index is 11.9. The van der Waals surface area contributed by atoms with Crippen LogP contribution in [-0.4, -0.2) is 31.0 Å². The van der Waals surface area contributed by atoms with E-state index in [9.17, 15) is 19.5 Å². The molecule has 19 heavy (non-hydrogen) atoms. The summed E-state index contributed by atoms with van der Waals surface area (Å²) in [5.41, 5.74) is -2.32. The van der Waals surface area contributed by atoms with Crippen molar-refractivity contribution in [3.8, 4) is 0 Å². The summed E-state index contributed by atoms with van der Waals surface area (Å²) in [5, 5.41) is 15.9. The van der Waals surface area contributed by atoms with E-state index < -0.39 is 22.8 Å². The Labute approximate surface area is 108 Å². The summed E-state index contributed by atoms with van der Waals surface area (Å²) >= 11 is 0. The van der Waals surface area contributed by atoms with Gasteiger partial charge in [-0.3, -0.25) is 9.36 Å². The minimum atomic E-state index is -1.16. The molecule has 1 heterocycles. The van der Waals surface area contributed by atoms with Crippen molar-refractivity contribution in [3.05, 3.63) is 20.8 Å². The van der Waals surface area contributed by atoms with Crippen LogP contribution in [0.5, 0.6) is 0 Å². The number of aromatic nitrogens is 3. The SMILES string of the molecule is Cn1nc(NC2(C(=O)O)CCCC2)c(=O)n(C)c1=O. The number of hydrogen-bond donors (Lipinski definition) is 2. The van der Waals surface area contributed by atoms with Gasteiger partial charge in [0.05, 0.1) is 0 Å². The Morgan fingerprint density at radius 1 is 1.32 bits per heavy atom. The first-order valence-electron chi connectivity index (χ1n) is 6.03. The summed E-state index contributed by atoms with van der Waals surface area (Å²) in [6.07, 6.45) is 2.45. The van der Waals surface area contributed by atoms with Gasteiger partial charge in [-0.15, -0.1) is 5.10 Å². The Kier molecular flexibility index (Phi) is 3.17. The third-order valence-corrected chi connectivity index (χ3v) is 3.55. The Morgan fingerprint density at radius 2 is 1.89 bits per heavy atom. The van der Waals surface area contributed by atoms with Gasteiger partial charge in [0.25, 0.3) is 5.56 Å². The largest absolute Gasteiger partial charge is 0.480 e. The molecule has 8 heteroatoms. The molecule has 0 radical (unpaired) electrons. The predicted octanol–water partition coefficient (Wildman–Crippen LogP) is -0.712. The molecule has 1 fully saturated rings. The maximum Gasteiger partial charge on any atom is 0.346 e. The second kappa shape index (κ2) is 4.52. The highest BCUT2D eigenvalue weighted by atomic mass is 16.4. The molecule has 1 aliphatic carbocycles. The van der Waals surface area contributed by atoms with Crippen LogP contribution < -0.4 is 16.6 Å². The van der Waals surface area contributed by atoms with E-state index in [-0.39, 0.29) is 5.82 Å². The number of nitrogens with zero attached hydrogens (tertiary/aromatic N) is 3. The van der Waals surface area contributed by atoms with Crippen molar-refractivity contribution in [1.82, 2.24) is 14.3 Å². The fourth-order valence-electron chi connectivity index (χ4n) is 2.37. The maximum atomic E-state index is 11.9. The van der Waals surface area contributed by atoms with E-state index in [1.165, 1.54) is 14.1 Å². The Bertz CT molecular complexity index is 625. The van der Waals surface area contributed by atoms with Gasteiger partial charge in [0.2, 0.25) is 5.82 Å². The van der Waals surface area contributed by atoms with Crippen molar-refractivity contribution in [2.45, 2.75) is 31.2 Å². The summed E-state index contributed by atoms with van der Waals surface area (Å²) in [4.78, 5) is 34.8. The number of carboxylic acids is 1. The lowest BCUT2D eigenvalue weighted by Crippen LogP contribution is -2.48. The Hall–Kier alpha value is -2.12. The molecule has 0 bridgehead atoms. The highest BCUT2D eigenvalue weighted by Crippen LogP contribution is 2.32. The van der Waals surface area contributed by atoms with Gasteiger partial charge >= 0.3 is 11.7 Å². The third kappa shape index (κ3) is 2.13. The minimum Gasteiger partial charge on any atom is -0.480 e. The molecule has 2 N–H and O–H groups in total. The van der Waals surface area contributed by atoms with Crippen LogP contribution in [-0.2, 0) is 18.9 Å². The molecule has 2 rings (SSSR count). The number of nitrogens with one attached hydrogen (secondary N) is 1. The van der Waals surface area contributed by atoms with Crippen LogP contribution in [0.4, 0.5) is 5.82 Å². The van der Waals surface area contributed by atoms with Crippen molar-refractivity contribution < 1.29 is 9.90 Å². The van der Waals surface area contributed by atoms with E-state index in [0.717, 1.165) is 22.1 Å². The molecule has 0 amide bonds.